The minimum atomic E-state index is -1.29. The van der Waals surface area contributed by atoms with Gasteiger partial charge in [0.05, 0.1) is 0 Å². The molecule has 0 aliphatic rings. The van der Waals surface area contributed by atoms with Crippen LogP contribution in [0.25, 0.3) is 0 Å². The highest BCUT2D eigenvalue weighted by atomic mass is 32.2. The van der Waals surface area contributed by atoms with Gasteiger partial charge in [0.2, 0.25) is 0 Å². The molecular formula is C11H15FN2O2S. The lowest BCUT2D eigenvalue weighted by Gasteiger charge is -2.12. The fraction of sp³-hybridized carbons (Fsp3) is 0.455. The average molecular weight is 258 g/mol. The maximum Gasteiger partial charge on any atom is 0.338 e. The van der Waals surface area contributed by atoms with Gasteiger partial charge in [-0.15, -0.1) is 0 Å². The fourth-order valence-corrected chi connectivity index (χ4v) is 2.03. The molecule has 1 aromatic rings. The van der Waals surface area contributed by atoms with E-state index in [4.69, 9.17) is 5.11 Å². The highest BCUT2D eigenvalue weighted by molar-refractivity contribution is 7.98. The zero-order valence-electron chi connectivity index (χ0n) is 9.74. The largest absolute Gasteiger partial charge is 0.478 e. The second kappa shape index (κ2) is 6.44. The Morgan fingerprint density at radius 1 is 1.71 bits per heavy atom. The molecule has 6 heteroatoms. The molecule has 0 aliphatic carbocycles. The Morgan fingerprint density at radius 2 is 2.41 bits per heavy atom. The van der Waals surface area contributed by atoms with Gasteiger partial charge in [-0.3, -0.25) is 0 Å². The molecule has 1 aromatic heterocycles. The molecule has 0 saturated heterocycles. The average Bonchev–Trinajstić information content (AvgIpc) is 2.27. The molecule has 94 valence electrons. The number of halogens is 1. The Balaban J connectivity index is 2.72. The maximum atomic E-state index is 13.6. The number of aromatic carboxylic acids is 1. The van der Waals surface area contributed by atoms with Gasteiger partial charge < -0.3 is 10.4 Å². The molecule has 2 N–H and O–H groups in total. The first kappa shape index (κ1) is 13.8. The molecule has 1 unspecified atom stereocenters. The van der Waals surface area contributed by atoms with Gasteiger partial charge in [-0.1, -0.05) is 6.92 Å². The first-order chi connectivity index (χ1) is 8.06. The standard InChI is InChI=1S/C11H15FN2O2S/c1-7(6-17-2)5-14-10-9(12)8(11(15)16)3-4-13-10/h3-4,7H,5-6H2,1-2H3,(H,13,14)(H,15,16). The number of hydrogen-bond acceptors (Lipinski definition) is 4. The molecule has 1 rings (SSSR count). The summed E-state index contributed by atoms with van der Waals surface area (Å²) in [6.45, 7) is 2.59. The molecule has 1 heterocycles. The van der Waals surface area contributed by atoms with E-state index in [2.05, 4.69) is 10.3 Å². The smallest absolute Gasteiger partial charge is 0.338 e. The zero-order valence-corrected chi connectivity index (χ0v) is 10.6. The number of pyridine rings is 1. The number of carbonyl (C=O) groups is 1. The van der Waals surface area contributed by atoms with E-state index >= 15 is 0 Å². The van der Waals surface area contributed by atoms with Gasteiger partial charge in [0.15, 0.2) is 11.6 Å². The zero-order chi connectivity index (χ0) is 12.8. The van der Waals surface area contributed by atoms with Crippen molar-refractivity contribution in [3.63, 3.8) is 0 Å². The topological polar surface area (TPSA) is 62.2 Å². The predicted octanol–water partition coefficient (Wildman–Crippen LogP) is 2.33. The van der Waals surface area contributed by atoms with Crippen molar-refractivity contribution in [1.29, 1.82) is 0 Å². The minimum absolute atomic E-state index is 0.00199. The van der Waals surface area contributed by atoms with Gasteiger partial charge in [-0.25, -0.2) is 14.2 Å². The van der Waals surface area contributed by atoms with Gasteiger partial charge in [-0.2, -0.15) is 11.8 Å². The first-order valence-corrected chi connectivity index (χ1v) is 6.56. The predicted molar refractivity (Wildman–Crippen MR) is 67.2 cm³/mol. The molecule has 0 aromatic carbocycles. The fourth-order valence-electron chi connectivity index (χ4n) is 1.35. The molecular weight excluding hydrogens is 243 g/mol. The maximum absolute atomic E-state index is 13.6. The third-order valence-electron chi connectivity index (χ3n) is 2.19. The van der Waals surface area contributed by atoms with Gasteiger partial charge in [0.25, 0.3) is 0 Å². The second-order valence-corrected chi connectivity index (χ2v) is 4.68. The molecule has 0 bridgehead atoms. The van der Waals surface area contributed by atoms with Gasteiger partial charge >= 0.3 is 5.97 Å². The summed E-state index contributed by atoms with van der Waals surface area (Å²) in [6.07, 6.45) is 3.29. The van der Waals surface area contributed by atoms with Crippen molar-refractivity contribution in [2.45, 2.75) is 6.92 Å². The number of thioether (sulfide) groups is 1. The summed E-state index contributed by atoms with van der Waals surface area (Å²) < 4.78 is 13.6. The van der Waals surface area contributed by atoms with E-state index < -0.39 is 11.8 Å². The summed E-state index contributed by atoms with van der Waals surface area (Å²) in [4.78, 5) is 14.5. The van der Waals surface area contributed by atoms with E-state index in [9.17, 15) is 9.18 Å². The van der Waals surface area contributed by atoms with Crippen LogP contribution in [-0.2, 0) is 0 Å². The number of nitrogens with one attached hydrogen (secondary N) is 1. The summed E-state index contributed by atoms with van der Waals surface area (Å²) in [5.41, 5.74) is -0.361. The van der Waals surface area contributed by atoms with Crippen molar-refractivity contribution in [2.75, 3.05) is 23.9 Å². The van der Waals surface area contributed by atoms with Crippen molar-refractivity contribution < 1.29 is 14.3 Å². The van der Waals surface area contributed by atoms with E-state index in [1.54, 1.807) is 11.8 Å². The number of rotatable bonds is 6. The van der Waals surface area contributed by atoms with Crippen molar-refractivity contribution in [2.24, 2.45) is 5.92 Å². The first-order valence-electron chi connectivity index (χ1n) is 5.16. The summed E-state index contributed by atoms with van der Waals surface area (Å²) in [7, 11) is 0. The van der Waals surface area contributed by atoms with Crippen LogP contribution >= 0.6 is 11.8 Å². The summed E-state index contributed by atoms with van der Waals surface area (Å²) in [6, 6.07) is 1.15. The number of aromatic nitrogens is 1. The summed E-state index contributed by atoms with van der Waals surface area (Å²) in [5.74, 6) is -0.785. The number of carboxylic acid groups (broad SMARTS) is 1. The molecule has 17 heavy (non-hydrogen) atoms. The van der Waals surface area contributed by atoms with Crippen LogP contribution in [0.4, 0.5) is 10.2 Å². The Labute approximate surface area is 104 Å². The minimum Gasteiger partial charge on any atom is -0.478 e. The van der Waals surface area contributed by atoms with E-state index in [1.165, 1.54) is 6.20 Å². The molecule has 0 saturated carbocycles. The molecule has 1 atom stereocenters. The molecule has 0 amide bonds. The van der Waals surface area contributed by atoms with Gasteiger partial charge in [0.1, 0.15) is 5.56 Å². The normalized spacial score (nSPS) is 12.2. The highest BCUT2D eigenvalue weighted by Crippen LogP contribution is 2.15. The third-order valence-corrected chi connectivity index (χ3v) is 3.09. The van der Waals surface area contributed by atoms with E-state index in [1.807, 2.05) is 13.2 Å². The Morgan fingerprint density at radius 3 is 3.00 bits per heavy atom. The van der Waals surface area contributed by atoms with Crippen molar-refractivity contribution in [1.82, 2.24) is 4.98 Å². The third kappa shape index (κ3) is 3.89. The lowest BCUT2D eigenvalue weighted by atomic mass is 10.2. The Bertz CT molecular complexity index is 401. The molecule has 0 aliphatic heterocycles. The van der Waals surface area contributed by atoms with Crippen LogP contribution in [0, 0.1) is 11.7 Å². The van der Waals surface area contributed by atoms with Crippen LogP contribution in [0.15, 0.2) is 12.3 Å². The Kier molecular flexibility index (Phi) is 5.21. The van der Waals surface area contributed by atoms with Crippen LogP contribution in [0.5, 0.6) is 0 Å². The lowest BCUT2D eigenvalue weighted by Crippen LogP contribution is -2.16. The van der Waals surface area contributed by atoms with E-state index in [0.717, 1.165) is 11.8 Å². The molecule has 0 radical (unpaired) electrons. The SMILES string of the molecule is CSCC(C)CNc1nccc(C(=O)O)c1F. The van der Waals surface area contributed by atoms with Crippen LogP contribution in [-0.4, -0.2) is 34.6 Å². The van der Waals surface area contributed by atoms with Crippen LogP contribution in [0.2, 0.25) is 0 Å². The van der Waals surface area contributed by atoms with Crippen molar-refractivity contribution in [3.8, 4) is 0 Å². The van der Waals surface area contributed by atoms with Crippen molar-refractivity contribution >= 4 is 23.5 Å². The number of hydrogen-bond donors (Lipinski definition) is 2. The number of nitrogens with zero attached hydrogens (tertiary/aromatic N) is 1. The van der Waals surface area contributed by atoms with E-state index in [0.29, 0.717) is 12.5 Å². The number of carboxylic acids is 1. The number of anilines is 1. The monoisotopic (exact) mass is 258 g/mol. The van der Waals surface area contributed by atoms with Crippen LogP contribution < -0.4 is 5.32 Å². The summed E-state index contributed by atoms with van der Waals surface area (Å²) >= 11 is 1.71. The van der Waals surface area contributed by atoms with Crippen molar-refractivity contribution in [3.05, 3.63) is 23.6 Å². The molecule has 0 spiro atoms. The summed E-state index contributed by atoms with van der Waals surface area (Å²) in [5, 5.41) is 11.6. The second-order valence-electron chi connectivity index (χ2n) is 3.77. The lowest BCUT2D eigenvalue weighted by molar-refractivity contribution is 0.0692. The highest BCUT2D eigenvalue weighted by Gasteiger charge is 2.15. The molecule has 0 fully saturated rings. The molecule has 4 nitrogen and oxygen atoms in total. The van der Waals surface area contributed by atoms with Gasteiger partial charge in [0, 0.05) is 12.7 Å². The van der Waals surface area contributed by atoms with Crippen LogP contribution in [0.1, 0.15) is 17.3 Å². The van der Waals surface area contributed by atoms with E-state index in [-0.39, 0.29) is 11.4 Å². The quantitative estimate of drug-likeness (QED) is 0.820. The van der Waals surface area contributed by atoms with Crippen LogP contribution in [0.3, 0.4) is 0 Å². The Hall–Kier alpha value is -1.30. The van der Waals surface area contributed by atoms with Gasteiger partial charge in [-0.05, 0) is 24.0 Å².